The zero-order chi connectivity index (χ0) is 51.1. The summed E-state index contributed by atoms with van der Waals surface area (Å²) in [7, 11) is 0. The van der Waals surface area contributed by atoms with Gasteiger partial charge < -0.3 is 14.7 Å². The van der Waals surface area contributed by atoms with E-state index in [1.165, 1.54) is 82.6 Å². The second-order valence-corrected chi connectivity index (χ2v) is 21.7. The van der Waals surface area contributed by atoms with Gasteiger partial charge in [-0.05, 0) is 174 Å². The Hall–Kier alpha value is -9.18. The Labute approximate surface area is 446 Å². The van der Waals surface area contributed by atoms with Crippen LogP contribution in [0.1, 0.15) is 72.6 Å². The van der Waals surface area contributed by atoms with Crippen molar-refractivity contribution < 1.29 is 0 Å². The molecule has 0 fully saturated rings. The van der Waals surface area contributed by atoms with Gasteiger partial charge in [0, 0.05) is 56.6 Å². The zero-order valence-corrected chi connectivity index (χ0v) is 43.3. The first-order valence-corrected chi connectivity index (χ1v) is 26.7. The number of rotatable bonds is 8. The van der Waals surface area contributed by atoms with Gasteiger partial charge in [-0.25, -0.2) is 0 Å². The fourth-order valence-electron chi connectivity index (χ4n) is 13.1. The second-order valence-electron chi connectivity index (χ2n) is 21.7. The fraction of sp³-hybridized carbons (Fsp3) is 0.0959. The minimum Gasteiger partial charge on any atom is -0.310 e. The molecule has 1 atom stereocenters. The molecule has 1 unspecified atom stereocenters. The first-order chi connectivity index (χ1) is 37.2. The van der Waals surface area contributed by atoms with Crippen LogP contribution in [0.15, 0.2) is 267 Å². The summed E-state index contributed by atoms with van der Waals surface area (Å²) < 4.78 is 0. The number of benzene rings is 12. The van der Waals surface area contributed by atoms with Crippen LogP contribution in [0.4, 0.5) is 51.2 Å². The van der Waals surface area contributed by atoms with Crippen molar-refractivity contribution in [3.8, 4) is 0 Å². The van der Waals surface area contributed by atoms with Crippen molar-refractivity contribution >= 4 is 83.5 Å². The van der Waals surface area contributed by atoms with Crippen LogP contribution in [0, 0.1) is 0 Å². The Morgan fingerprint density at radius 3 is 1.30 bits per heavy atom. The summed E-state index contributed by atoms with van der Waals surface area (Å²) >= 11 is 0. The van der Waals surface area contributed by atoms with E-state index < -0.39 is 0 Å². The molecule has 3 heteroatoms. The summed E-state index contributed by atoms with van der Waals surface area (Å²) in [5.41, 5.74) is 19.2. The van der Waals surface area contributed by atoms with E-state index in [0.29, 0.717) is 0 Å². The maximum atomic E-state index is 2.51. The van der Waals surface area contributed by atoms with Gasteiger partial charge in [-0.2, -0.15) is 0 Å². The van der Waals surface area contributed by atoms with Crippen LogP contribution < -0.4 is 14.7 Å². The molecule has 1 heterocycles. The molecular formula is C73H57N3. The molecule has 0 saturated carbocycles. The molecule has 0 bridgehead atoms. The summed E-state index contributed by atoms with van der Waals surface area (Å²) in [5, 5.41) is 7.55. The second kappa shape index (κ2) is 17.8. The summed E-state index contributed by atoms with van der Waals surface area (Å²) in [6.07, 6.45) is 0. The standard InChI is InChI=1S/C73H57N3/c1-72(2)65-34-20-19-33-61(65)71(62-43-39-55(47-67(62)72)74(50-23-9-5-10-24-50)51-25-11-6-12-26-51)49-37-41-59-60-42-38-54(46-64(60)58-32-18-17-31-57(58)63(59)45-49)76-69-36-22-21-35-66(69)73(3,4)68-48-56(40-44-70(68)76)75(52-27-13-7-14-28-52)53-29-15-8-16-30-53/h5-48,71H,1-4H3. The van der Waals surface area contributed by atoms with E-state index in [4.69, 9.17) is 0 Å². The number of nitrogens with zero attached hydrogens (tertiary/aromatic N) is 3. The highest BCUT2D eigenvalue weighted by Crippen LogP contribution is 2.55. The molecule has 0 spiro atoms. The van der Waals surface area contributed by atoms with E-state index in [2.05, 4.69) is 309 Å². The largest absolute Gasteiger partial charge is 0.310 e. The molecule has 364 valence electrons. The van der Waals surface area contributed by atoms with Gasteiger partial charge in [0.15, 0.2) is 0 Å². The van der Waals surface area contributed by atoms with Gasteiger partial charge in [-0.1, -0.05) is 191 Å². The topological polar surface area (TPSA) is 9.72 Å². The predicted octanol–water partition coefficient (Wildman–Crippen LogP) is 20.0. The summed E-state index contributed by atoms with van der Waals surface area (Å²) in [5.74, 6) is 0.0490. The molecule has 0 N–H and O–H groups in total. The number of anilines is 9. The van der Waals surface area contributed by atoms with Gasteiger partial charge in [0.1, 0.15) is 0 Å². The van der Waals surface area contributed by atoms with Gasteiger partial charge in [-0.15, -0.1) is 0 Å². The van der Waals surface area contributed by atoms with Crippen molar-refractivity contribution in [3.63, 3.8) is 0 Å². The zero-order valence-electron chi connectivity index (χ0n) is 43.3. The lowest BCUT2D eigenvalue weighted by atomic mass is 9.63. The molecule has 1 aliphatic carbocycles. The van der Waals surface area contributed by atoms with Gasteiger partial charge in [-0.3, -0.25) is 0 Å². The van der Waals surface area contributed by atoms with Crippen LogP contribution >= 0.6 is 0 Å². The Kier molecular flexibility index (Phi) is 10.6. The third-order valence-electron chi connectivity index (χ3n) is 16.7. The molecule has 14 rings (SSSR count). The molecule has 0 radical (unpaired) electrons. The lowest BCUT2D eigenvalue weighted by molar-refractivity contribution is 0.597. The van der Waals surface area contributed by atoms with Crippen LogP contribution in [0.25, 0.3) is 32.3 Å². The van der Waals surface area contributed by atoms with E-state index in [1.807, 2.05) is 0 Å². The highest BCUT2D eigenvalue weighted by atomic mass is 15.2. The van der Waals surface area contributed by atoms with Crippen molar-refractivity contribution in [2.75, 3.05) is 14.7 Å². The highest BCUT2D eigenvalue weighted by Gasteiger charge is 2.40. The molecule has 76 heavy (non-hydrogen) atoms. The molecular weight excluding hydrogens is 919 g/mol. The molecule has 12 aromatic rings. The number of hydrogen-bond donors (Lipinski definition) is 0. The van der Waals surface area contributed by atoms with Crippen molar-refractivity contribution in [2.24, 2.45) is 0 Å². The minimum absolute atomic E-state index is 0.0490. The molecule has 12 aromatic carbocycles. The summed E-state index contributed by atoms with van der Waals surface area (Å²) in [4.78, 5) is 7.26. The van der Waals surface area contributed by atoms with Crippen LogP contribution in [-0.2, 0) is 10.8 Å². The Bertz CT molecular complexity index is 3810. The van der Waals surface area contributed by atoms with Crippen molar-refractivity contribution in [2.45, 2.75) is 44.4 Å². The third kappa shape index (κ3) is 7.18. The quantitative estimate of drug-likeness (QED) is 0.141. The fourth-order valence-corrected chi connectivity index (χ4v) is 13.1. The maximum Gasteiger partial charge on any atom is 0.0504 e. The van der Waals surface area contributed by atoms with Crippen LogP contribution in [-0.4, -0.2) is 0 Å². The number of fused-ring (bicyclic) bond motifs is 10. The molecule has 2 aliphatic rings. The van der Waals surface area contributed by atoms with E-state index in [-0.39, 0.29) is 16.7 Å². The van der Waals surface area contributed by atoms with E-state index in [9.17, 15) is 0 Å². The van der Waals surface area contributed by atoms with Gasteiger partial charge in [0.2, 0.25) is 0 Å². The Morgan fingerprint density at radius 1 is 0.289 bits per heavy atom. The Balaban J connectivity index is 0.914. The van der Waals surface area contributed by atoms with Crippen LogP contribution in [0.2, 0.25) is 0 Å². The van der Waals surface area contributed by atoms with Crippen LogP contribution in [0.5, 0.6) is 0 Å². The average Bonchev–Trinajstić information content (AvgIpc) is 3.50. The molecule has 0 amide bonds. The maximum absolute atomic E-state index is 2.51. The predicted molar refractivity (Wildman–Crippen MR) is 321 cm³/mol. The Morgan fingerprint density at radius 2 is 0.711 bits per heavy atom. The first-order valence-electron chi connectivity index (χ1n) is 26.7. The van der Waals surface area contributed by atoms with Crippen LogP contribution in [0.3, 0.4) is 0 Å². The van der Waals surface area contributed by atoms with Gasteiger partial charge >= 0.3 is 0 Å². The number of hydrogen-bond acceptors (Lipinski definition) is 3. The summed E-state index contributed by atoms with van der Waals surface area (Å²) in [6.45, 7) is 9.56. The minimum atomic E-state index is -0.267. The lowest BCUT2D eigenvalue weighted by Gasteiger charge is -2.42. The molecule has 3 nitrogen and oxygen atoms in total. The smallest absolute Gasteiger partial charge is 0.0504 e. The summed E-state index contributed by atoms with van der Waals surface area (Å²) in [6, 6.07) is 98.9. The van der Waals surface area contributed by atoms with Crippen molar-refractivity contribution in [1.29, 1.82) is 0 Å². The molecule has 0 saturated heterocycles. The highest BCUT2D eigenvalue weighted by molar-refractivity contribution is 6.26. The van der Waals surface area contributed by atoms with Crippen molar-refractivity contribution in [3.05, 3.63) is 306 Å². The van der Waals surface area contributed by atoms with Gasteiger partial charge in [0.25, 0.3) is 0 Å². The average molecular weight is 976 g/mol. The number of para-hydroxylation sites is 5. The van der Waals surface area contributed by atoms with E-state index in [1.54, 1.807) is 0 Å². The van der Waals surface area contributed by atoms with Gasteiger partial charge in [0.05, 0.1) is 11.4 Å². The monoisotopic (exact) mass is 975 g/mol. The molecule has 0 aromatic heterocycles. The third-order valence-corrected chi connectivity index (χ3v) is 16.7. The lowest BCUT2D eigenvalue weighted by Crippen LogP contribution is -2.31. The van der Waals surface area contributed by atoms with Crippen molar-refractivity contribution in [1.82, 2.24) is 0 Å². The first kappa shape index (κ1) is 45.4. The molecule has 1 aliphatic heterocycles. The SMILES string of the molecule is CC1(C)c2ccccc2C(c2ccc3c4ccc(N5c6ccccc6C(C)(C)c6cc(N(c7ccccc7)c7ccccc7)ccc65)cc4c4ccccc4c3c2)c2ccc(N(c3ccccc3)c3ccccc3)cc21. The van der Waals surface area contributed by atoms with E-state index >= 15 is 0 Å². The van der Waals surface area contributed by atoms with E-state index in [0.717, 1.165) is 39.8 Å². The normalized spacial score (nSPS) is 14.9.